The number of hydrazine groups is 2. The Kier molecular flexibility index (Phi) is 3.04. The standard InChI is InChI=1S/C4H14N6/c1-4(2,3)10(6)9-8-7-5/h6H2,1-3H3,(H2,5,8)(H,7,9). The topological polar surface area (TPSA) is 92.0 Å². The van der Waals surface area contributed by atoms with E-state index in [-0.39, 0.29) is 5.54 Å². The Labute approximate surface area is 60.2 Å². The van der Waals surface area contributed by atoms with Gasteiger partial charge in [0.25, 0.3) is 0 Å². The Balaban J connectivity index is 3.84. The molecule has 0 aromatic rings. The third-order valence-electron chi connectivity index (χ3n) is 0.886. The fourth-order valence-electron chi connectivity index (χ4n) is 0.208. The van der Waals surface area contributed by atoms with Crippen molar-refractivity contribution in [2.24, 2.45) is 22.1 Å². The summed E-state index contributed by atoms with van der Waals surface area (Å²) in [4.78, 5) is 0. The van der Waals surface area contributed by atoms with Gasteiger partial charge in [-0.15, -0.1) is 0 Å². The lowest BCUT2D eigenvalue weighted by Crippen LogP contribution is -2.42. The van der Waals surface area contributed by atoms with Crippen LogP contribution in [0.25, 0.3) is 0 Å². The number of nitrogens with one attached hydrogen (secondary N) is 1. The number of rotatable bonds is 2. The van der Waals surface area contributed by atoms with Crippen molar-refractivity contribution in [3.05, 3.63) is 0 Å². The van der Waals surface area contributed by atoms with Crippen LogP contribution in [0.5, 0.6) is 0 Å². The van der Waals surface area contributed by atoms with E-state index < -0.39 is 0 Å². The Bertz CT molecular complexity index is 113. The summed E-state index contributed by atoms with van der Waals surface area (Å²) in [6.45, 7) is 5.72. The molecule has 0 atom stereocenters. The van der Waals surface area contributed by atoms with Crippen LogP contribution in [0.3, 0.4) is 0 Å². The molecule has 0 aliphatic rings. The normalized spacial score (nSPS) is 12.1. The molecule has 0 saturated heterocycles. The van der Waals surface area contributed by atoms with Crippen molar-refractivity contribution in [1.29, 1.82) is 0 Å². The van der Waals surface area contributed by atoms with Gasteiger partial charge in [0.1, 0.15) is 0 Å². The van der Waals surface area contributed by atoms with Gasteiger partial charge in [-0.3, -0.25) is 0 Å². The average Bonchev–Trinajstić information content (AvgIpc) is 1.80. The Hall–Kier alpha value is -0.880. The van der Waals surface area contributed by atoms with Crippen LogP contribution in [0.1, 0.15) is 20.8 Å². The van der Waals surface area contributed by atoms with Crippen molar-refractivity contribution in [1.82, 2.24) is 10.7 Å². The molecule has 60 valence electrons. The second-order valence-corrected chi connectivity index (χ2v) is 2.83. The van der Waals surface area contributed by atoms with Crippen LogP contribution in [0, 0.1) is 0 Å². The molecular weight excluding hydrogens is 132 g/mol. The van der Waals surface area contributed by atoms with E-state index in [1.54, 1.807) is 0 Å². The van der Waals surface area contributed by atoms with Crippen molar-refractivity contribution < 1.29 is 0 Å². The van der Waals surface area contributed by atoms with E-state index in [9.17, 15) is 0 Å². The third-order valence-corrected chi connectivity index (χ3v) is 0.886. The van der Waals surface area contributed by atoms with Gasteiger partial charge < -0.3 is 0 Å². The second kappa shape index (κ2) is 3.33. The summed E-state index contributed by atoms with van der Waals surface area (Å²) in [7, 11) is 0. The zero-order chi connectivity index (χ0) is 8.20. The highest BCUT2D eigenvalue weighted by Crippen LogP contribution is 2.07. The molecule has 0 aliphatic carbocycles. The summed E-state index contributed by atoms with van der Waals surface area (Å²) < 4.78 is 0. The third kappa shape index (κ3) is 3.21. The van der Waals surface area contributed by atoms with Crippen LogP contribution >= 0.6 is 0 Å². The van der Waals surface area contributed by atoms with Gasteiger partial charge >= 0.3 is 0 Å². The molecule has 0 amide bonds. The van der Waals surface area contributed by atoms with Gasteiger partial charge in [-0.25, -0.2) is 22.3 Å². The van der Waals surface area contributed by atoms with Gasteiger partial charge in [0.15, 0.2) is 0 Å². The van der Waals surface area contributed by atoms with Gasteiger partial charge in [0.2, 0.25) is 0 Å². The van der Waals surface area contributed by atoms with Crippen molar-refractivity contribution in [3.8, 4) is 0 Å². The van der Waals surface area contributed by atoms with E-state index in [0.717, 1.165) is 0 Å². The van der Waals surface area contributed by atoms with Crippen molar-refractivity contribution in [2.75, 3.05) is 0 Å². The van der Waals surface area contributed by atoms with Gasteiger partial charge in [0, 0.05) is 0 Å². The molecule has 0 heterocycles. The maximum atomic E-state index is 5.41. The molecule has 0 aromatic carbocycles. The number of nitrogens with zero attached hydrogens (tertiary/aromatic N) is 3. The number of hydrogen-bond donors (Lipinski definition) is 3. The fourth-order valence-corrected chi connectivity index (χ4v) is 0.208. The fraction of sp³-hybridized carbons (Fsp3) is 1.00. The summed E-state index contributed by atoms with van der Waals surface area (Å²) in [5.74, 6) is 10.2. The van der Waals surface area contributed by atoms with Gasteiger partial charge in [-0.1, -0.05) is 0 Å². The SMILES string of the molecule is CC(C)(C)N(N)N=NNN. The maximum absolute atomic E-state index is 5.41. The second-order valence-electron chi connectivity index (χ2n) is 2.83. The van der Waals surface area contributed by atoms with Crippen LogP contribution < -0.4 is 17.2 Å². The smallest absolute Gasteiger partial charge is 0.0681 e. The summed E-state index contributed by atoms with van der Waals surface area (Å²) in [5.41, 5.74) is 1.77. The first-order valence-electron chi connectivity index (χ1n) is 2.89. The zero-order valence-corrected chi connectivity index (χ0v) is 6.50. The quantitative estimate of drug-likeness (QED) is 0.283. The molecule has 0 spiro atoms. The maximum Gasteiger partial charge on any atom is 0.0681 e. The molecule has 0 saturated carbocycles. The van der Waals surface area contributed by atoms with Crippen LogP contribution in [-0.2, 0) is 0 Å². The van der Waals surface area contributed by atoms with E-state index in [1.807, 2.05) is 26.3 Å². The van der Waals surface area contributed by atoms with Gasteiger partial charge in [-0.05, 0) is 31.2 Å². The molecule has 0 radical (unpaired) electrons. The molecule has 10 heavy (non-hydrogen) atoms. The Morgan fingerprint density at radius 2 is 1.90 bits per heavy atom. The van der Waals surface area contributed by atoms with Crippen molar-refractivity contribution >= 4 is 0 Å². The summed E-state index contributed by atoms with van der Waals surface area (Å²) in [6, 6.07) is 0. The average molecular weight is 146 g/mol. The highest BCUT2D eigenvalue weighted by Gasteiger charge is 2.15. The van der Waals surface area contributed by atoms with Crippen molar-refractivity contribution in [3.63, 3.8) is 0 Å². The predicted molar refractivity (Wildman–Crippen MR) is 38.0 cm³/mol. The summed E-state index contributed by atoms with van der Waals surface area (Å²) in [5, 5.41) is 8.02. The lowest BCUT2D eigenvalue weighted by molar-refractivity contribution is 0.128. The first-order chi connectivity index (χ1) is 4.48. The largest absolute Gasteiger partial charge is 0.233 e. The minimum Gasteiger partial charge on any atom is -0.233 e. The minimum atomic E-state index is -0.236. The summed E-state index contributed by atoms with van der Waals surface area (Å²) in [6.07, 6.45) is 0. The molecule has 0 bridgehead atoms. The molecule has 6 nitrogen and oxygen atoms in total. The van der Waals surface area contributed by atoms with Gasteiger partial charge in [0.05, 0.1) is 5.54 Å². The van der Waals surface area contributed by atoms with E-state index in [0.29, 0.717) is 0 Å². The monoisotopic (exact) mass is 146 g/mol. The van der Waals surface area contributed by atoms with E-state index in [1.165, 1.54) is 5.12 Å². The van der Waals surface area contributed by atoms with Gasteiger partial charge in [-0.2, -0.15) is 0 Å². The molecule has 6 heteroatoms. The van der Waals surface area contributed by atoms with Crippen LogP contribution in [-0.4, -0.2) is 10.7 Å². The Morgan fingerprint density at radius 3 is 2.20 bits per heavy atom. The highest BCUT2D eigenvalue weighted by atomic mass is 15.8. The highest BCUT2D eigenvalue weighted by molar-refractivity contribution is 4.66. The van der Waals surface area contributed by atoms with E-state index in [4.69, 9.17) is 11.7 Å². The number of hydrogen-bond acceptors (Lipinski definition) is 4. The first kappa shape index (κ1) is 9.12. The van der Waals surface area contributed by atoms with Crippen molar-refractivity contribution in [2.45, 2.75) is 26.3 Å². The molecule has 0 unspecified atom stereocenters. The van der Waals surface area contributed by atoms with Crippen LogP contribution in [0.2, 0.25) is 0 Å². The number of nitrogens with two attached hydrogens (primary N) is 2. The first-order valence-corrected chi connectivity index (χ1v) is 2.89. The van der Waals surface area contributed by atoms with Crippen LogP contribution in [0.4, 0.5) is 0 Å². The lowest BCUT2D eigenvalue weighted by Gasteiger charge is -2.25. The lowest BCUT2D eigenvalue weighted by atomic mass is 10.1. The molecule has 0 aromatic heterocycles. The summed E-state index contributed by atoms with van der Waals surface area (Å²) >= 11 is 0. The zero-order valence-electron chi connectivity index (χ0n) is 6.50. The molecular formula is C4H14N6. The van der Waals surface area contributed by atoms with E-state index >= 15 is 0 Å². The molecule has 0 rings (SSSR count). The van der Waals surface area contributed by atoms with E-state index in [2.05, 4.69) is 10.4 Å². The minimum absolute atomic E-state index is 0.236. The molecule has 0 fully saturated rings. The van der Waals surface area contributed by atoms with Crippen LogP contribution in [0.15, 0.2) is 10.4 Å². The predicted octanol–water partition coefficient (Wildman–Crippen LogP) is -0.294. The molecule has 0 aliphatic heterocycles. The molecule has 5 N–H and O–H groups in total. The Morgan fingerprint density at radius 1 is 1.40 bits per heavy atom.